The molecule has 2 rings (SSSR count). The molecule has 0 bridgehead atoms. The second-order valence-corrected chi connectivity index (χ2v) is 5.11. The lowest BCUT2D eigenvalue weighted by molar-refractivity contribution is 0.383. The minimum Gasteiger partial charge on any atom is -0.494 e. The Hall–Kier alpha value is -1.36. The molecule has 0 amide bonds. The normalized spacial score (nSPS) is 12.2. The molecule has 0 aliphatic carbocycles. The first-order chi connectivity index (χ1) is 9.52. The quantitative estimate of drug-likeness (QED) is 0.934. The smallest absolute Gasteiger partial charge is 0.168 e. The number of nitrogens with two attached hydrogens (primary N) is 1. The molecule has 1 unspecified atom stereocenters. The Bertz CT molecular complexity index is 622. The Morgan fingerprint density at radius 2 is 2.15 bits per heavy atom. The number of nitrogens with zero attached hydrogens (tertiary/aromatic N) is 1. The van der Waals surface area contributed by atoms with Crippen molar-refractivity contribution in [3.63, 3.8) is 0 Å². The van der Waals surface area contributed by atoms with Crippen LogP contribution in [-0.4, -0.2) is 12.1 Å². The summed E-state index contributed by atoms with van der Waals surface area (Å²) in [5.74, 6) is -0.236. The van der Waals surface area contributed by atoms with Crippen molar-refractivity contribution in [3.8, 4) is 5.75 Å². The van der Waals surface area contributed by atoms with Gasteiger partial charge in [0.15, 0.2) is 11.6 Å². The van der Waals surface area contributed by atoms with Crippen molar-refractivity contribution in [3.05, 3.63) is 57.6 Å². The number of rotatable bonds is 4. The van der Waals surface area contributed by atoms with Gasteiger partial charge in [-0.1, -0.05) is 35.3 Å². The third-order valence-corrected chi connectivity index (χ3v) is 3.40. The summed E-state index contributed by atoms with van der Waals surface area (Å²) < 4.78 is 19.0. The highest BCUT2D eigenvalue weighted by atomic mass is 35.5. The zero-order valence-electron chi connectivity index (χ0n) is 10.7. The molecule has 0 aliphatic rings. The van der Waals surface area contributed by atoms with Crippen LogP contribution in [0.5, 0.6) is 5.75 Å². The molecule has 1 aromatic heterocycles. The molecule has 0 saturated carbocycles. The van der Waals surface area contributed by atoms with E-state index in [0.717, 1.165) is 0 Å². The Labute approximate surface area is 126 Å². The van der Waals surface area contributed by atoms with Crippen LogP contribution in [-0.2, 0) is 6.42 Å². The standard InChI is InChI=1S/C14H13Cl2FN2O/c1-20-12-4-2-3-8(13(12)17)5-11(18)14-10(16)6-9(15)7-19-14/h2-4,6-7,11H,5,18H2,1H3. The molecule has 0 saturated heterocycles. The molecule has 20 heavy (non-hydrogen) atoms. The zero-order chi connectivity index (χ0) is 14.7. The van der Waals surface area contributed by atoms with Crippen LogP contribution in [0.25, 0.3) is 0 Å². The van der Waals surface area contributed by atoms with Crippen LogP contribution in [0.3, 0.4) is 0 Å². The first kappa shape index (κ1) is 15.0. The van der Waals surface area contributed by atoms with E-state index in [4.69, 9.17) is 33.7 Å². The molecule has 0 aliphatic heterocycles. The van der Waals surface area contributed by atoms with Crippen molar-refractivity contribution in [2.45, 2.75) is 12.5 Å². The summed E-state index contributed by atoms with van der Waals surface area (Å²) >= 11 is 11.8. The predicted molar refractivity (Wildman–Crippen MR) is 77.8 cm³/mol. The van der Waals surface area contributed by atoms with Crippen LogP contribution < -0.4 is 10.5 Å². The van der Waals surface area contributed by atoms with Gasteiger partial charge in [-0.2, -0.15) is 0 Å². The fraction of sp³-hybridized carbons (Fsp3) is 0.214. The van der Waals surface area contributed by atoms with Gasteiger partial charge in [0, 0.05) is 6.20 Å². The molecule has 2 aromatic rings. The van der Waals surface area contributed by atoms with E-state index in [2.05, 4.69) is 4.98 Å². The van der Waals surface area contributed by atoms with E-state index < -0.39 is 11.9 Å². The van der Waals surface area contributed by atoms with Crippen LogP contribution in [0, 0.1) is 5.82 Å². The van der Waals surface area contributed by atoms with Crippen molar-refractivity contribution < 1.29 is 9.13 Å². The highest BCUT2D eigenvalue weighted by Crippen LogP contribution is 2.27. The van der Waals surface area contributed by atoms with Gasteiger partial charge in [-0.15, -0.1) is 0 Å². The van der Waals surface area contributed by atoms with E-state index in [1.54, 1.807) is 24.3 Å². The molecule has 3 nitrogen and oxygen atoms in total. The second-order valence-electron chi connectivity index (χ2n) is 4.26. The van der Waals surface area contributed by atoms with Gasteiger partial charge in [-0.05, 0) is 24.1 Å². The zero-order valence-corrected chi connectivity index (χ0v) is 12.2. The van der Waals surface area contributed by atoms with Gasteiger partial charge < -0.3 is 10.5 Å². The molecule has 6 heteroatoms. The largest absolute Gasteiger partial charge is 0.494 e. The molecular formula is C14H13Cl2FN2O. The van der Waals surface area contributed by atoms with Crippen LogP contribution in [0.15, 0.2) is 30.5 Å². The second kappa shape index (κ2) is 6.39. The third-order valence-electron chi connectivity index (χ3n) is 2.89. The molecule has 1 aromatic carbocycles. The average molecular weight is 315 g/mol. The lowest BCUT2D eigenvalue weighted by atomic mass is 10.0. The van der Waals surface area contributed by atoms with Crippen LogP contribution in [0.4, 0.5) is 4.39 Å². The lowest BCUT2D eigenvalue weighted by Gasteiger charge is -2.14. The molecule has 1 atom stereocenters. The fourth-order valence-corrected chi connectivity index (χ4v) is 2.42. The molecule has 0 fully saturated rings. The summed E-state index contributed by atoms with van der Waals surface area (Å²) in [4.78, 5) is 4.10. The number of methoxy groups -OCH3 is 1. The molecular weight excluding hydrogens is 302 g/mol. The summed E-state index contributed by atoms with van der Waals surface area (Å²) in [6.07, 6.45) is 1.72. The van der Waals surface area contributed by atoms with E-state index in [-0.39, 0.29) is 12.2 Å². The molecule has 2 N–H and O–H groups in total. The maximum atomic E-state index is 14.1. The highest BCUT2D eigenvalue weighted by Gasteiger charge is 2.16. The van der Waals surface area contributed by atoms with Gasteiger partial charge in [0.2, 0.25) is 0 Å². The Balaban J connectivity index is 2.25. The van der Waals surface area contributed by atoms with E-state index in [9.17, 15) is 4.39 Å². The van der Waals surface area contributed by atoms with Gasteiger partial charge in [0.1, 0.15) is 0 Å². The number of hydrogen-bond acceptors (Lipinski definition) is 3. The van der Waals surface area contributed by atoms with Gasteiger partial charge >= 0.3 is 0 Å². The van der Waals surface area contributed by atoms with Crippen molar-refractivity contribution in [1.29, 1.82) is 0 Å². The third kappa shape index (κ3) is 3.20. The van der Waals surface area contributed by atoms with Gasteiger partial charge in [0.05, 0.1) is 28.9 Å². The van der Waals surface area contributed by atoms with Crippen molar-refractivity contribution in [1.82, 2.24) is 4.98 Å². The Kier molecular flexibility index (Phi) is 4.81. The minimum atomic E-state index is -0.527. The summed E-state index contributed by atoms with van der Waals surface area (Å²) in [5.41, 5.74) is 6.97. The Morgan fingerprint density at radius 1 is 1.40 bits per heavy atom. The number of pyridine rings is 1. The minimum absolute atomic E-state index is 0.185. The maximum Gasteiger partial charge on any atom is 0.168 e. The number of halogens is 3. The van der Waals surface area contributed by atoms with Crippen molar-refractivity contribution >= 4 is 23.2 Å². The summed E-state index contributed by atoms with van der Waals surface area (Å²) in [7, 11) is 1.42. The van der Waals surface area contributed by atoms with Gasteiger partial charge in [-0.25, -0.2) is 4.39 Å². The lowest BCUT2D eigenvalue weighted by Crippen LogP contribution is -2.16. The number of hydrogen-bond donors (Lipinski definition) is 1. The van der Waals surface area contributed by atoms with E-state index in [0.29, 0.717) is 21.3 Å². The molecule has 0 radical (unpaired) electrons. The van der Waals surface area contributed by atoms with Crippen LogP contribution in [0.2, 0.25) is 10.0 Å². The number of benzene rings is 1. The van der Waals surface area contributed by atoms with Gasteiger partial charge in [0.25, 0.3) is 0 Å². The van der Waals surface area contributed by atoms with E-state index in [1.807, 2.05) is 0 Å². The summed E-state index contributed by atoms with van der Waals surface area (Å²) in [6, 6.07) is 5.95. The average Bonchev–Trinajstić information content (AvgIpc) is 2.41. The van der Waals surface area contributed by atoms with E-state index in [1.165, 1.54) is 13.3 Å². The maximum absolute atomic E-state index is 14.1. The van der Waals surface area contributed by atoms with E-state index >= 15 is 0 Å². The van der Waals surface area contributed by atoms with Gasteiger partial charge in [-0.3, -0.25) is 4.98 Å². The SMILES string of the molecule is COc1cccc(CC(N)c2ncc(Cl)cc2Cl)c1F. The molecule has 0 spiro atoms. The first-order valence-corrected chi connectivity index (χ1v) is 6.66. The Morgan fingerprint density at radius 3 is 2.80 bits per heavy atom. The predicted octanol–water partition coefficient (Wildman–Crippen LogP) is 3.78. The number of ether oxygens (including phenoxy) is 1. The summed E-state index contributed by atoms with van der Waals surface area (Å²) in [6.45, 7) is 0. The van der Waals surface area contributed by atoms with Crippen molar-refractivity contribution in [2.24, 2.45) is 5.73 Å². The van der Waals surface area contributed by atoms with Crippen molar-refractivity contribution in [2.75, 3.05) is 7.11 Å². The van der Waals surface area contributed by atoms with Crippen LogP contribution in [0.1, 0.15) is 17.3 Å². The topological polar surface area (TPSA) is 48.1 Å². The highest BCUT2D eigenvalue weighted by molar-refractivity contribution is 6.34. The first-order valence-electron chi connectivity index (χ1n) is 5.90. The summed E-state index contributed by atoms with van der Waals surface area (Å²) in [5, 5.41) is 0.798. The monoisotopic (exact) mass is 314 g/mol. The van der Waals surface area contributed by atoms with Crippen LogP contribution >= 0.6 is 23.2 Å². The fourth-order valence-electron chi connectivity index (χ4n) is 1.90. The molecule has 106 valence electrons. The number of aromatic nitrogens is 1. The molecule has 1 heterocycles.